The molecule has 1 N–H and O–H groups in total. The number of nitrogens with one attached hydrogen (secondary N) is 1. The Morgan fingerprint density at radius 1 is 1.38 bits per heavy atom. The van der Waals surface area contributed by atoms with Crippen LogP contribution < -0.4 is 5.32 Å². The van der Waals surface area contributed by atoms with Gasteiger partial charge in [-0.15, -0.1) is 11.3 Å². The number of hydrogen-bond acceptors (Lipinski definition) is 2. The molecule has 0 aliphatic heterocycles. The third-order valence-corrected chi connectivity index (χ3v) is 4.14. The van der Waals surface area contributed by atoms with Crippen molar-refractivity contribution in [3.63, 3.8) is 0 Å². The van der Waals surface area contributed by atoms with Crippen LogP contribution >= 0.6 is 27.3 Å². The Balaban J connectivity index is 2.40. The second kappa shape index (κ2) is 5.08. The van der Waals surface area contributed by atoms with Gasteiger partial charge >= 0.3 is 0 Å². The zero-order valence-electron chi connectivity index (χ0n) is 8.71. The summed E-state index contributed by atoms with van der Waals surface area (Å²) >= 11 is 5.02. The van der Waals surface area contributed by atoms with E-state index in [2.05, 4.69) is 21.2 Å². The predicted molar refractivity (Wildman–Crippen MR) is 69.3 cm³/mol. The average molecular weight is 300 g/mol. The first-order chi connectivity index (χ1) is 7.72. The number of hydrogen-bond donors (Lipinski definition) is 1. The van der Waals surface area contributed by atoms with Crippen LogP contribution in [0.3, 0.4) is 0 Å². The fraction of sp³-hybridized carbons (Fsp3) is 0.167. The SMILES string of the molecule is CNC(c1cc(Br)cs1)c1ccccc1F. The molecule has 1 heterocycles. The zero-order valence-corrected chi connectivity index (χ0v) is 11.1. The molecule has 0 saturated carbocycles. The lowest BCUT2D eigenvalue weighted by molar-refractivity contribution is 0.579. The highest BCUT2D eigenvalue weighted by Crippen LogP contribution is 2.30. The van der Waals surface area contributed by atoms with Gasteiger partial charge in [0.05, 0.1) is 6.04 Å². The Bertz CT molecular complexity index is 483. The van der Waals surface area contributed by atoms with Gasteiger partial charge in [0, 0.05) is 20.3 Å². The van der Waals surface area contributed by atoms with Crippen molar-refractivity contribution in [3.8, 4) is 0 Å². The van der Waals surface area contributed by atoms with Crippen molar-refractivity contribution in [1.29, 1.82) is 0 Å². The van der Waals surface area contributed by atoms with E-state index in [9.17, 15) is 4.39 Å². The first kappa shape index (κ1) is 11.8. The Hall–Kier alpha value is -0.710. The molecule has 1 nitrogen and oxygen atoms in total. The van der Waals surface area contributed by atoms with Crippen molar-refractivity contribution < 1.29 is 4.39 Å². The van der Waals surface area contributed by atoms with Crippen molar-refractivity contribution >= 4 is 27.3 Å². The third kappa shape index (κ3) is 2.34. The van der Waals surface area contributed by atoms with Gasteiger partial charge in [-0.25, -0.2) is 4.39 Å². The van der Waals surface area contributed by atoms with Gasteiger partial charge in [0.15, 0.2) is 0 Å². The molecular weight excluding hydrogens is 289 g/mol. The Morgan fingerprint density at radius 2 is 2.12 bits per heavy atom. The maximum absolute atomic E-state index is 13.7. The van der Waals surface area contributed by atoms with E-state index in [0.717, 1.165) is 9.35 Å². The minimum absolute atomic E-state index is 0.0856. The number of benzene rings is 1. The summed E-state index contributed by atoms with van der Waals surface area (Å²) in [7, 11) is 1.84. The van der Waals surface area contributed by atoms with Gasteiger partial charge in [0.25, 0.3) is 0 Å². The van der Waals surface area contributed by atoms with Gasteiger partial charge in [-0.2, -0.15) is 0 Å². The molecule has 0 amide bonds. The number of thiophene rings is 1. The fourth-order valence-corrected chi connectivity index (χ4v) is 3.21. The van der Waals surface area contributed by atoms with Crippen molar-refractivity contribution in [1.82, 2.24) is 5.32 Å². The highest BCUT2D eigenvalue weighted by Gasteiger charge is 2.17. The van der Waals surface area contributed by atoms with Gasteiger partial charge in [0.1, 0.15) is 5.82 Å². The molecule has 0 spiro atoms. The molecule has 2 aromatic rings. The van der Waals surface area contributed by atoms with Crippen LogP contribution in [0, 0.1) is 5.82 Å². The molecule has 84 valence electrons. The molecule has 1 unspecified atom stereocenters. The lowest BCUT2D eigenvalue weighted by atomic mass is 10.1. The van der Waals surface area contributed by atoms with E-state index < -0.39 is 0 Å². The van der Waals surface area contributed by atoms with Crippen LogP contribution in [-0.2, 0) is 0 Å². The summed E-state index contributed by atoms with van der Waals surface area (Å²) in [4.78, 5) is 1.10. The summed E-state index contributed by atoms with van der Waals surface area (Å²) in [5, 5.41) is 5.14. The van der Waals surface area contributed by atoms with Crippen molar-refractivity contribution in [2.75, 3.05) is 7.05 Å². The lowest BCUT2D eigenvalue weighted by Crippen LogP contribution is -2.17. The molecule has 0 fully saturated rings. The molecule has 0 radical (unpaired) electrons. The Morgan fingerprint density at radius 3 is 2.69 bits per heavy atom. The quantitative estimate of drug-likeness (QED) is 0.905. The van der Waals surface area contributed by atoms with Crippen LogP contribution in [0.4, 0.5) is 4.39 Å². The van der Waals surface area contributed by atoms with Gasteiger partial charge < -0.3 is 5.32 Å². The standard InChI is InChI=1S/C12H11BrFNS/c1-15-12(11-6-8(13)7-16-11)9-4-2-3-5-10(9)14/h2-7,12,15H,1H3. The maximum atomic E-state index is 13.7. The number of halogens is 2. The van der Waals surface area contributed by atoms with E-state index in [4.69, 9.17) is 0 Å². The molecule has 0 bridgehead atoms. The summed E-state index contributed by atoms with van der Waals surface area (Å²) < 4.78 is 14.7. The second-order valence-corrected chi connectivity index (χ2v) is 5.27. The number of rotatable bonds is 3. The Kier molecular flexibility index (Phi) is 3.74. The third-order valence-electron chi connectivity index (χ3n) is 2.38. The van der Waals surface area contributed by atoms with E-state index in [0.29, 0.717) is 5.56 Å². The zero-order chi connectivity index (χ0) is 11.5. The lowest BCUT2D eigenvalue weighted by Gasteiger charge is -2.15. The van der Waals surface area contributed by atoms with E-state index in [-0.39, 0.29) is 11.9 Å². The first-order valence-electron chi connectivity index (χ1n) is 4.88. The van der Waals surface area contributed by atoms with E-state index in [1.165, 1.54) is 6.07 Å². The van der Waals surface area contributed by atoms with Gasteiger partial charge in [-0.05, 0) is 35.1 Å². The first-order valence-corrected chi connectivity index (χ1v) is 6.55. The molecule has 1 aromatic carbocycles. The summed E-state index contributed by atoms with van der Waals surface area (Å²) in [6.45, 7) is 0. The highest BCUT2D eigenvalue weighted by molar-refractivity contribution is 9.10. The summed E-state index contributed by atoms with van der Waals surface area (Å²) in [5.41, 5.74) is 0.680. The minimum Gasteiger partial charge on any atom is -0.309 e. The maximum Gasteiger partial charge on any atom is 0.128 e. The second-order valence-electron chi connectivity index (χ2n) is 3.41. The van der Waals surface area contributed by atoms with Crippen molar-refractivity contribution in [3.05, 3.63) is 56.4 Å². The topological polar surface area (TPSA) is 12.0 Å². The van der Waals surface area contributed by atoms with Crippen molar-refractivity contribution in [2.45, 2.75) is 6.04 Å². The van der Waals surface area contributed by atoms with E-state index >= 15 is 0 Å². The predicted octanol–water partition coefficient (Wildman–Crippen LogP) is 3.96. The van der Waals surface area contributed by atoms with Crippen LogP contribution in [-0.4, -0.2) is 7.05 Å². The molecule has 2 rings (SSSR count). The molecule has 16 heavy (non-hydrogen) atoms. The normalized spacial score (nSPS) is 12.7. The van der Waals surface area contributed by atoms with Crippen LogP contribution in [0.15, 0.2) is 40.2 Å². The van der Waals surface area contributed by atoms with Crippen LogP contribution in [0.2, 0.25) is 0 Å². The fourth-order valence-electron chi connectivity index (χ4n) is 1.64. The molecule has 0 aliphatic carbocycles. The van der Waals surface area contributed by atoms with Crippen molar-refractivity contribution in [2.24, 2.45) is 0 Å². The average Bonchev–Trinajstić information content (AvgIpc) is 2.69. The highest BCUT2D eigenvalue weighted by atomic mass is 79.9. The van der Waals surface area contributed by atoms with E-state index in [1.54, 1.807) is 17.4 Å². The summed E-state index contributed by atoms with van der Waals surface area (Å²) in [6, 6.07) is 8.78. The van der Waals surface area contributed by atoms with Gasteiger partial charge in [-0.3, -0.25) is 0 Å². The van der Waals surface area contributed by atoms with Gasteiger partial charge in [-0.1, -0.05) is 18.2 Å². The van der Waals surface area contributed by atoms with E-state index in [1.807, 2.05) is 30.6 Å². The van der Waals surface area contributed by atoms with Crippen LogP contribution in [0.1, 0.15) is 16.5 Å². The summed E-state index contributed by atoms with van der Waals surface area (Å²) in [6.07, 6.45) is 0. The molecule has 1 aromatic heterocycles. The largest absolute Gasteiger partial charge is 0.309 e. The minimum atomic E-state index is -0.175. The van der Waals surface area contributed by atoms with Crippen LogP contribution in [0.5, 0.6) is 0 Å². The van der Waals surface area contributed by atoms with Crippen LogP contribution in [0.25, 0.3) is 0 Å². The molecule has 0 aliphatic rings. The summed E-state index contributed by atoms with van der Waals surface area (Å²) in [5.74, 6) is -0.175. The molecular formula is C12H11BrFNS. The molecule has 4 heteroatoms. The smallest absolute Gasteiger partial charge is 0.128 e. The molecule has 1 atom stereocenters. The van der Waals surface area contributed by atoms with Gasteiger partial charge in [0.2, 0.25) is 0 Å². The Labute approximate surface area is 106 Å². The molecule has 0 saturated heterocycles. The monoisotopic (exact) mass is 299 g/mol.